The molecule has 1 aromatic carbocycles. The Labute approximate surface area is 139 Å². The number of benzene rings is 1. The Hall–Kier alpha value is -2.77. The Morgan fingerprint density at radius 2 is 2.04 bits per heavy atom. The summed E-state index contributed by atoms with van der Waals surface area (Å²) in [6, 6.07) is 3.38. The van der Waals surface area contributed by atoms with Crippen molar-refractivity contribution >= 4 is 28.6 Å². The molecule has 1 fully saturated rings. The predicted molar refractivity (Wildman–Crippen MR) is 89.7 cm³/mol. The molecule has 2 aromatic rings. The van der Waals surface area contributed by atoms with Gasteiger partial charge in [0.05, 0.1) is 26.2 Å². The van der Waals surface area contributed by atoms with Gasteiger partial charge in [-0.2, -0.15) is 4.98 Å². The van der Waals surface area contributed by atoms with Gasteiger partial charge in [0.15, 0.2) is 11.5 Å². The minimum atomic E-state index is -0.827. The first-order chi connectivity index (χ1) is 11.5. The third-order valence-corrected chi connectivity index (χ3v) is 4.26. The van der Waals surface area contributed by atoms with E-state index < -0.39 is 5.97 Å². The number of hydrogen-bond acceptors (Lipinski definition) is 7. The molecule has 8 nitrogen and oxygen atoms in total. The van der Waals surface area contributed by atoms with Gasteiger partial charge in [0, 0.05) is 24.0 Å². The van der Waals surface area contributed by atoms with Crippen molar-refractivity contribution in [3.05, 3.63) is 12.1 Å². The minimum Gasteiger partial charge on any atom is -0.493 e. The second kappa shape index (κ2) is 6.38. The first kappa shape index (κ1) is 16.1. The SMILES string of the molecule is COc1cc2nc(N3CCC[C@H]3CC(=O)O)nc(N)c2cc1OC. The highest BCUT2D eigenvalue weighted by molar-refractivity contribution is 5.91. The quantitative estimate of drug-likeness (QED) is 0.850. The van der Waals surface area contributed by atoms with E-state index >= 15 is 0 Å². The molecular formula is C16H20N4O4. The number of methoxy groups -OCH3 is 2. The van der Waals surface area contributed by atoms with Crippen LogP contribution in [0.4, 0.5) is 11.8 Å². The summed E-state index contributed by atoms with van der Waals surface area (Å²) in [6.45, 7) is 0.718. The van der Waals surface area contributed by atoms with Crippen molar-refractivity contribution in [3.8, 4) is 11.5 Å². The first-order valence-corrected chi connectivity index (χ1v) is 7.71. The van der Waals surface area contributed by atoms with Crippen LogP contribution in [0.1, 0.15) is 19.3 Å². The summed E-state index contributed by atoms with van der Waals surface area (Å²) in [6.07, 6.45) is 1.78. The van der Waals surface area contributed by atoms with E-state index in [1.807, 2.05) is 4.90 Å². The van der Waals surface area contributed by atoms with Crippen LogP contribution in [0, 0.1) is 0 Å². The van der Waals surface area contributed by atoms with Gasteiger partial charge >= 0.3 is 5.97 Å². The van der Waals surface area contributed by atoms with Crippen molar-refractivity contribution in [3.63, 3.8) is 0 Å². The zero-order valence-corrected chi connectivity index (χ0v) is 13.7. The number of nitrogens with two attached hydrogens (primary N) is 1. The van der Waals surface area contributed by atoms with Crippen molar-refractivity contribution in [2.45, 2.75) is 25.3 Å². The van der Waals surface area contributed by atoms with Gasteiger partial charge in [0.25, 0.3) is 0 Å². The summed E-state index contributed by atoms with van der Waals surface area (Å²) in [7, 11) is 3.11. The number of nitrogens with zero attached hydrogens (tertiary/aromatic N) is 3. The second-order valence-corrected chi connectivity index (χ2v) is 5.72. The standard InChI is InChI=1S/C16H20N4O4/c1-23-12-7-10-11(8-13(12)24-2)18-16(19-15(10)17)20-5-3-4-9(20)6-14(21)22/h7-9H,3-6H2,1-2H3,(H,21,22)(H2,17,18,19)/t9-/m0/s1. The van der Waals surface area contributed by atoms with Crippen LogP contribution in [0.15, 0.2) is 12.1 Å². The van der Waals surface area contributed by atoms with Crippen LogP contribution in [-0.4, -0.2) is 47.8 Å². The van der Waals surface area contributed by atoms with E-state index in [1.54, 1.807) is 26.4 Å². The molecule has 0 radical (unpaired) electrons. The number of carboxylic acid groups (broad SMARTS) is 1. The lowest BCUT2D eigenvalue weighted by molar-refractivity contribution is -0.137. The molecule has 0 bridgehead atoms. The maximum atomic E-state index is 11.0. The molecule has 0 spiro atoms. The number of aromatic nitrogens is 2. The zero-order valence-electron chi connectivity index (χ0n) is 13.7. The van der Waals surface area contributed by atoms with Crippen LogP contribution in [0.5, 0.6) is 11.5 Å². The summed E-state index contributed by atoms with van der Waals surface area (Å²) >= 11 is 0. The smallest absolute Gasteiger partial charge is 0.305 e. The van der Waals surface area contributed by atoms with E-state index in [9.17, 15) is 4.79 Å². The van der Waals surface area contributed by atoms with Crippen molar-refractivity contribution in [1.82, 2.24) is 9.97 Å². The highest BCUT2D eigenvalue weighted by atomic mass is 16.5. The molecule has 1 saturated heterocycles. The fourth-order valence-corrected chi connectivity index (χ4v) is 3.11. The van der Waals surface area contributed by atoms with Gasteiger partial charge in [0.2, 0.25) is 5.95 Å². The van der Waals surface area contributed by atoms with Gasteiger partial charge in [0.1, 0.15) is 5.82 Å². The highest BCUT2D eigenvalue weighted by Gasteiger charge is 2.29. The molecule has 2 heterocycles. The summed E-state index contributed by atoms with van der Waals surface area (Å²) in [5.74, 6) is 1.07. The van der Waals surface area contributed by atoms with Crippen LogP contribution in [0.3, 0.4) is 0 Å². The number of anilines is 2. The van der Waals surface area contributed by atoms with Crippen LogP contribution in [0.2, 0.25) is 0 Å². The number of carbonyl (C=O) groups is 1. The number of rotatable bonds is 5. The molecule has 0 saturated carbocycles. The van der Waals surface area contributed by atoms with E-state index in [4.69, 9.17) is 20.3 Å². The number of nitrogen functional groups attached to an aromatic ring is 1. The molecule has 3 N–H and O–H groups in total. The van der Waals surface area contributed by atoms with Crippen molar-refractivity contribution in [2.24, 2.45) is 0 Å². The molecule has 1 aliphatic heterocycles. The third kappa shape index (κ3) is 2.86. The lowest BCUT2D eigenvalue weighted by Gasteiger charge is -2.24. The lowest BCUT2D eigenvalue weighted by atomic mass is 10.1. The Kier molecular flexibility index (Phi) is 4.28. The minimum absolute atomic E-state index is 0.0627. The number of hydrogen-bond donors (Lipinski definition) is 2. The van der Waals surface area contributed by atoms with Crippen molar-refractivity contribution in [2.75, 3.05) is 31.4 Å². The largest absolute Gasteiger partial charge is 0.493 e. The Balaban J connectivity index is 2.05. The van der Waals surface area contributed by atoms with Gasteiger partial charge in [-0.05, 0) is 18.9 Å². The molecule has 24 heavy (non-hydrogen) atoms. The molecule has 0 amide bonds. The molecule has 128 valence electrons. The Morgan fingerprint density at radius 1 is 1.33 bits per heavy atom. The number of ether oxygens (including phenoxy) is 2. The maximum absolute atomic E-state index is 11.0. The fraction of sp³-hybridized carbons (Fsp3) is 0.438. The summed E-state index contributed by atoms with van der Waals surface area (Å²) < 4.78 is 10.6. The van der Waals surface area contributed by atoms with E-state index in [0.717, 1.165) is 19.4 Å². The molecule has 0 aliphatic carbocycles. The molecule has 1 atom stereocenters. The van der Waals surface area contributed by atoms with E-state index in [2.05, 4.69) is 9.97 Å². The van der Waals surface area contributed by atoms with Crippen LogP contribution < -0.4 is 20.1 Å². The Bertz CT molecular complexity index is 780. The maximum Gasteiger partial charge on any atom is 0.305 e. The lowest BCUT2D eigenvalue weighted by Crippen LogP contribution is -2.32. The number of aliphatic carboxylic acids is 1. The molecule has 8 heteroatoms. The summed E-state index contributed by atoms with van der Waals surface area (Å²) in [5.41, 5.74) is 6.73. The monoisotopic (exact) mass is 332 g/mol. The molecular weight excluding hydrogens is 312 g/mol. The zero-order chi connectivity index (χ0) is 17.3. The van der Waals surface area contributed by atoms with Crippen molar-refractivity contribution in [1.29, 1.82) is 0 Å². The summed E-state index contributed by atoms with van der Waals surface area (Å²) in [5, 5.41) is 9.74. The molecule has 0 unspecified atom stereocenters. The van der Waals surface area contributed by atoms with Gasteiger partial charge in [-0.1, -0.05) is 0 Å². The van der Waals surface area contributed by atoms with Gasteiger partial charge in [-0.3, -0.25) is 4.79 Å². The summed E-state index contributed by atoms with van der Waals surface area (Å²) in [4.78, 5) is 21.9. The number of carboxylic acids is 1. The Morgan fingerprint density at radius 3 is 2.71 bits per heavy atom. The van der Waals surface area contributed by atoms with Gasteiger partial charge in [-0.15, -0.1) is 0 Å². The third-order valence-electron chi connectivity index (χ3n) is 4.26. The fourth-order valence-electron chi connectivity index (χ4n) is 3.11. The predicted octanol–water partition coefficient (Wildman–Crippen LogP) is 1.67. The van der Waals surface area contributed by atoms with E-state index in [1.165, 1.54) is 0 Å². The van der Waals surface area contributed by atoms with Crippen LogP contribution >= 0.6 is 0 Å². The number of fused-ring (bicyclic) bond motifs is 1. The van der Waals surface area contributed by atoms with E-state index in [0.29, 0.717) is 34.2 Å². The average molecular weight is 332 g/mol. The van der Waals surface area contributed by atoms with E-state index in [-0.39, 0.29) is 12.5 Å². The van der Waals surface area contributed by atoms with Crippen LogP contribution in [0.25, 0.3) is 10.9 Å². The highest BCUT2D eigenvalue weighted by Crippen LogP contribution is 2.35. The average Bonchev–Trinajstić information content (AvgIpc) is 3.00. The topological polar surface area (TPSA) is 111 Å². The first-order valence-electron chi connectivity index (χ1n) is 7.71. The van der Waals surface area contributed by atoms with Crippen molar-refractivity contribution < 1.29 is 19.4 Å². The van der Waals surface area contributed by atoms with Gasteiger partial charge < -0.3 is 25.2 Å². The second-order valence-electron chi connectivity index (χ2n) is 5.72. The normalized spacial score (nSPS) is 17.2. The van der Waals surface area contributed by atoms with Crippen LogP contribution in [-0.2, 0) is 4.79 Å². The molecule has 1 aliphatic rings. The van der Waals surface area contributed by atoms with Gasteiger partial charge in [-0.25, -0.2) is 4.98 Å². The molecule has 1 aromatic heterocycles. The molecule has 3 rings (SSSR count).